The van der Waals surface area contributed by atoms with Crippen LogP contribution in [0.2, 0.25) is 0 Å². The Labute approximate surface area is 130 Å². The number of hydrogen-bond donors (Lipinski definition) is 1. The van der Waals surface area contributed by atoms with Gasteiger partial charge in [-0.2, -0.15) is 0 Å². The Balaban J connectivity index is 2.03. The molecule has 2 aromatic carbocycles. The van der Waals surface area contributed by atoms with Crippen molar-refractivity contribution in [3.63, 3.8) is 0 Å². The molecule has 1 atom stereocenters. The second-order valence-corrected chi connectivity index (χ2v) is 5.07. The van der Waals surface area contributed by atoms with Crippen LogP contribution in [0.4, 0.5) is 4.39 Å². The van der Waals surface area contributed by atoms with Crippen LogP contribution in [-0.4, -0.2) is 13.0 Å². The number of methoxy groups -OCH3 is 1. The Morgan fingerprint density at radius 2 is 1.86 bits per heavy atom. The zero-order valence-electron chi connectivity index (χ0n) is 12.8. The summed E-state index contributed by atoms with van der Waals surface area (Å²) >= 11 is 0. The Morgan fingerprint density at radius 3 is 2.45 bits per heavy atom. The van der Waals surface area contributed by atoms with Crippen molar-refractivity contribution >= 4 is 5.91 Å². The van der Waals surface area contributed by atoms with Gasteiger partial charge in [0.1, 0.15) is 11.6 Å². The average molecular weight is 301 g/mol. The number of amides is 1. The molecular formula is C18H20FNO2. The van der Waals surface area contributed by atoms with E-state index in [0.717, 1.165) is 17.7 Å². The lowest BCUT2D eigenvalue weighted by Gasteiger charge is -2.18. The molecule has 0 aliphatic heterocycles. The lowest BCUT2D eigenvalue weighted by molar-refractivity contribution is -0.121. The monoisotopic (exact) mass is 301 g/mol. The molecule has 22 heavy (non-hydrogen) atoms. The predicted octanol–water partition coefficient (Wildman–Crippen LogP) is 3.64. The van der Waals surface area contributed by atoms with Crippen LogP contribution in [0, 0.1) is 5.82 Å². The lowest BCUT2D eigenvalue weighted by atomic mass is 10.0. The van der Waals surface area contributed by atoms with Gasteiger partial charge in [-0.15, -0.1) is 0 Å². The molecule has 0 aliphatic rings. The van der Waals surface area contributed by atoms with E-state index in [-0.39, 0.29) is 24.2 Å². The molecule has 0 aromatic heterocycles. The minimum atomic E-state index is -0.352. The summed E-state index contributed by atoms with van der Waals surface area (Å²) in [6, 6.07) is 13.8. The Kier molecular flexibility index (Phi) is 5.53. The average Bonchev–Trinajstić information content (AvgIpc) is 2.55. The number of rotatable bonds is 6. The van der Waals surface area contributed by atoms with Crippen molar-refractivity contribution in [1.29, 1.82) is 0 Å². The summed E-state index contributed by atoms with van der Waals surface area (Å²) < 4.78 is 18.7. The van der Waals surface area contributed by atoms with E-state index in [1.165, 1.54) is 6.07 Å². The summed E-state index contributed by atoms with van der Waals surface area (Å²) in [4.78, 5) is 12.1. The summed E-state index contributed by atoms with van der Waals surface area (Å²) in [7, 11) is 1.61. The van der Waals surface area contributed by atoms with E-state index in [0.29, 0.717) is 5.56 Å². The Hall–Kier alpha value is -2.36. The molecule has 0 saturated heterocycles. The van der Waals surface area contributed by atoms with Gasteiger partial charge in [-0.1, -0.05) is 37.3 Å². The molecule has 116 valence electrons. The molecule has 0 bridgehead atoms. The van der Waals surface area contributed by atoms with E-state index in [9.17, 15) is 9.18 Å². The van der Waals surface area contributed by atoms with Crippen LogP contribution in [0.1, 0.15) is 30.5 Å². The van der Waals surface area contributed by atoms with Crippen LogP contribution in [0.5, 0.6) is 5.75 Å². The third-order valence-electron chi connectivity index (χ3n) is 3.57. The number of halogens is 1. The van der Waals surface area contributed by atoms with Gasteiger partial charge >= 0.3 is 0 Å². The van der Waals surface area contributed by atoms with Gasteiger partial charge in [0.15, 0.2) is 0 Å². The molecule has 2 aromatic rings. The second kappa shape index (κ2) is 7.59. The third kappa shape index (κ3) is 4.07. The second-order valence-electron chi connectivity index (χ2n) is 5.07. The van der Waals surface area contributed by atoms with Gasteiger partial charge in [0.2, 0.25) is 5.91 Å². The van der Waals surface area contributed by atoms with E-state index < -0.39 is 0 Å². The molecular weight excluding hydrogens is 281 g/mol. The number of hydrogen-bond acceptors (Lipinski definition) is 2. The van der Waals surface area contributed by atoms with Crippen LogP contribution >= 0.6 is 0 Å². The predicted molar refractivity (Wildman–Crippen MR) is 84.3 cm³/mol. The van der Waals surface area contributed by atoms with Crippen LogP contribution < -0.4 is 10.1 Å². The summed E-state index contributed by atoms with van der Waals surface area (Å²) in [5.74, 6) is 0.235. The molecule has 0 spiro atoms. The van der Waals surface area contributed by atoms with Gasteiger partial charge in [0, 0.05) is 0 Å². The number of benzene rings is 2. The summed E-state index contributed by atoms with van der Waals surface area (Å²) in [5.41, 5.74) is 1.41. The zero-order valence-corrected chi connectivity index (χ0v) is 12.8. The number of nitrogens with one attached hydrogen (secondary N) is 1. The molecule has 0 heterocycles. The van der Waals surface area contributed by atoms with Crippen molar-refractivity contribution in [2.24, 2.45) is 0 Å². The number of carbonyl (C=O) groups excluding carboxylic acids is 1. The molecule has 2 rings (SSSR count). The van der Waals surface area contributed by atoms with Crippen molar-refractivity contribution < 1.29 is 13.9 Å². The third-order valence-corrected chi connectivity index (χ3v) is 3.57. The van der Waals surface area contributed by atoms with E-state index in [2.05, 4.69) is 5.32 Å². The standard InChI is InChI=1S/C18H20FNO2/c1-3-17(13-8-10-15(22-2)11-9-13)20-18(21)12-14-6-4-5-7-16(14)19/h4-11,17H,3,12H2,1-2H3,(H,20,21)/t17-/m1/s1. The summed E-state index contributed by atoms with van der Waals surface area (Å²) in [6.45, 7) is 2.00. The maximum absolute atomic E-state index is 13.6. The Bertz CT molecular complexity index is 625. The van der Waals surface area contributed by atoms with E-state index in [4.69, 9.17) is 4.74 Å². The SMILES string of the molecule is CC[C@@H](NC(=O)Cc1ccccc1F)c1ccc(OC)cc1. The van der Waals surface area contributed by atoms with E-state index >= 15 is 0 Å². The largest absolute Gasteiger partial charge is 0.497 e. The fourth-order valence-corrected chi connectivity index (χ4v) is 2.32. The smallest absolute Gasteiger partial charge is 0.225 e. The minimum absolute atomic E-state index is 0.0410. The molecule has 4 heteroatoms. The van der Waals surface area contributed by atoms with Crippen molar-refractivity contribution in [3.05, 3.63) is 65.5 Å². The van der Waals surface area contributed by atoms with Gasteiger partial charge in [-0.05, 0) is 35.7 Å². The number of carbonyl (C=O) groups is 1. The molecule has 0 fully saturated rings. The lowest BCUT2D eigenvalue weighted by Crippen LogP contribution is -2.29. The maximum Gasteiger partial charge on any atom is 0.225 e. The van der Waals surface area contributed by atoms with Crippen LogP contribution in [-0.2, 0) is 11.2 Å². The molecule has 0 aliphatic carbocycles. The van der Waals surface area contributed by atoms with Gasteiger partial charge in [0.25, 0.3) is 0 Å². The van der Waals surface area contributed by atoms with Crippen LogP contribution in [0.15, 0.2) is 48.5 Å². The molecule has 0 unspecified atom stereocenters. The minimum Gasteiger partial charge on any atom is -0.497 e. The van der Waals surface area contributed by atoms with Gasteiger partial charge in [0.05, 0.1) is 19.6 Å². The summed E-state index contributed by atoms with van der Waals surface area (Å²) in [5, 5.41) is 2.95. The number of ether oxygens (including phenoxy) is 1. The van der Waals surface area contributed by atoms with Crippen molar-refractivity contribution in [2.45, 2.75) is 25.8 Å². The van der Waals surface area contributed by atoms with Crippen molar-refractivity contribution in [2.75, 3.05) is 7.11 Å². The van der Waals surface area contributed by atoms with Crippen LogP contribution in [0.25, 0.3) is 0 Å². The van der Waals surface area contributed by atoms with Crippen molar-refractivity contribution in [1.82, 2.24) is 5.32 Å². The quantitative estimate of drug-likeness (QED) is 0.884. The molecule has 3 nitrogen and oxygen atoms in total. The normalized spacial score (nSPS) is 11.8. The molecule has 0 radical (unpaired) electrons. The maximum atomic E-state index is 13.6. The first-order valence-corrected chi connectivity index (χ1v) is 7.30. The molecule has 1 N–H and O–H groups in total. The van der Waals surface area contributed by atoms with Gasteiger partial charge in [-0.25, -0.2) is 4.39 Å². The highest BCUT2D eigenvalue weighted by Gasteiger charge is 2.14. The highest BCUT2D eigenvalue weighted by atomic mass is 19.1. The topological polar surface area (TPSA) is 38.3 Å². The highest BCUT2D eigenvalue weighted by Crippen LogP contribution is 2.20. The first kappa shape index (κ1) is 16.0. The highest BCUT2D eigenvalue weighted by molar-refractivity contribution is 5.79. The van der Waals surface area contributed by atoms with E-state index in [1.54, 1.807) is 25.3 Å². The first-order valence-electron chi connectivity index (χ1n) is 7.30. The summed E-state index contributed by atoms with van der Waals surface area (Å²) in [6.07, 6.45) is 0.800. The fourth-order valence-electron chi connectivity index (χ4n) is 2.32. The molecule has 1 amide bonds. The Morgan fingerprint density at radius 1 is 1.18 bits per heavy atom. The van der Waals surface area contributed by atoms with Gasteiger partial charge in [-0.3, -0.25) is 4.79 Å². The van der Waals surface area contributed by atoms with Crippen LogP contribution in [0.3, 0.4) is 0 Å². The first-order chi connectivity index (χ1) is 10.6. The van der Waals surface area contributed by atoms with Crippen molar-refractivity contribution in [3.8, 4) is 5.75 Å². The fraction of sp³-hybridized carbons (Fsp3) is 0.278. The van der Waals surface area contributed by atoms with Gasteiger partial charge < -0.3 is 10.1 Å². The molecule has 0 saturated carbocycles. The van der Waals surface area contributed by atoms with E-state index in [1.807, 2.05) is 31.2 Å². The zero-order chi connectivity index (χ0) is 15.9.